The maximum atomic E-state index is 14.5. The molecule has 4 N–H and O–H groups in total. The topological polar surface area (TPSA) is 241 Å². The maximum Gasteiger partial charge on any atom is 0.311 e. The van der Waals surface area contributed by atoms with E-state index in [1.807, 2.05) is 13.8 Å². The van der Waals surface area contributed by atoms with Crippen LogP contribution in [0.5, 0.6) is 0 Å². The third-order valence-electron chi connectivity index (χ3n) is 13.4. The van der Waals surface area contributed by atoms with E-state index >= 15 is 0 Å². The molecule has 19 nitrogen and oxygen atoms in total. The lowest BCUT2D eigenvalue weighted by Crippen LogP contribution is -2.60. The first kappa shape index (κ1) is 59.2. The minimum atomic E-state index is -1.77. The quantitative estimate of drug-likeness (QED) is 0.217. The van der Waals surface area contributed by atoms with Gasteiger partial charge in [-0.1, -0.05) is 78.8 Å². The highest BCUT2D eigenvalue weighted by atomic mass is 16.5. The van der Waals surface area contributed by atoms with Crippen molar-refractivity contribution in [1.29, 1.82) is 0 Å². The minimum Gasteiger partial charge on any atom is -0.452 e. The van der Waals surface area contributed by atoms with Crippen LogP contribution in [0.25, 0.3) is 0 Å². The van der Waals surface area contributed by atoms with Gasteiger partial charge in [-0.15, -0.1) is 0 Å². The Labute approximate surface area is 408 Å². The van der Waals surface area contributed by atoms with E-state index in [0.29, 0.717) is 12.0 Å². The molecular formula is C50H80N8O11. The van der Waals surface area contributed by atoms with Crippen molar-refractivity contribution in [3.8, 4) is 0 Å². The molecule has 69 heavy (non-hydrogen) atoms. The number of cyclic esters (lactones) is 1. The number of nitrogens with zero attached hydrogens (tertiary/aromatic N) is 4. The zero-order valence-electron chi connectivity index (χ0n) is 43.8. The van der Waals surface area contributed by atoms with Gasteiger partial charge in [0, 0.05) is 46.6 Å². The second-order valence-electron chi connectivity index (χ2n) is 19.8. The predicted molar refractivity (Wildman–Crippen MR) is 259 cm³/mol. The number of carbonyl (C=O) groups excluding carboxylic acids is 10. The number of Topliss-reactive ketones (excluding diaryl/α,β-unsaturated/α-hetero) is 1. The molecule has 0 bridgehead atoms. The zero-order chi connectivity index (χ0) is 52.8. The number of ether oxygens (including phenoxy) is 1. The summed E-state index contributed by atoms with van der Waals surface area (Å²) in [6.07, 6.45) is -0.422. The van der Waals surface area contributed by atoms with Gasteiger partial charge in [-0.25, -0.2) is 0 Å². The molecule has 386 valence electrons. The maximum absolute atomic E-state index is 14.5. The summed E-state index contributed by atoms with van der Waals surface area (Å²) in [5, 5.41) is 10.7. The molecule has 1 fully saturated rings. The molecule has 1 aromatic rings. The van der Waals surface area contributed by atoms with E-state index in [9.17, 15) is 47.9 Å². The molecule has 0 saturated carbocycles. The average Bonchev–Trinajstić information content (AvgIpc) is 3.31. The third-order valence-corrected chi connectivity index (χ3v) is 13.4. The molecule has 8 amide bonds. The van der Waals surface area contributed by atoms with Crippen LogP contribution in [0.2, 0.25) is 0 Å². The van der Waals surface area contributed by atoms with Gasteiger partial charge < -0.3 is 45.6 Å². The number of likely N-dealkylation sites (N-methyl/N-ethyl adjacent to an activating group) is 4. The minimum absolute atomic E-state index is 0.0206. The summed E-state index contributed by atoms with van der Waals surface area (Å²) in [5.41, 5.74) is -1.07. The number of hydrogen-bond donors (Lipinski definition) is 4. The van der Waals surface area contributed by atoms with Gasteiger partial charge in [-0.2, -0.15) is 0 Å². The van der Waals surface area contributed by atoms with Crippen LogP contribution in [0, 0.1) is 29.1 Å². The average molecular weight is 969 g/mol. The van der Waals surface area contributed by atoms with Crippen LogP contribution in [-0.4, -0.2) is 162 Å². The molecule has 1 saturated heterocycles. The highest BCUT2D eigenvalue weighted by molar-refractivity contribution is 6.09. The van der Waals surface area contributed by atoms with Crippen molar-refractivity contribution in [2.75, 3.05) is 41.3 Å². The number of esters is 1. The van der Waals surface area contributed by atoms with Crippen LogP contribution in [0.15, 0.2) is 30.3 Å². The molecule has 0 aliphatic carbocycles. The lowest BCUT2D eigenvalue weighted by atomic mass is 9.82. The van der Waals surface area contributed by atoms with Gasteiger partial charge in [-0.3, -0.25) is 47.9 Å². The molecule has 1 aliphatic rings. The monoisotopic (exact) mass is 969 g/mol. The van der Waals surface area contributed by atoms with E-state index in [1.54, 1.807) is 65.0 Å². The van der Waals surface area contributed by atoms with Gasteiger partial charge in [-0.05, 0) is 71.3 Å². The first-order chi connectivity index (χ1) is 32.0. The Morgan fingerprint density at radius 3 is 1.75 bits per heavy atom. The standard InChI is InChI=1S/C50H80N8O11/c1-17-30(7)41-46(65)52-26-38(59)56(14)36(24-28(3)4)44(63)51-27-39(60)58(16)40(29(5)6)47(66)57(15)37(25-34-22-20-19-21-23-34)45(64)53-32(9)42(61)50(11,12)49(68)55(13)33(10)43(62)54-35(18-2)31(8)48(67)69-41/h19-23,28-33,35-37,40-41H,17-18,24-27H2,1-16H3,(H,51,63)(H,52,65)(H,53,64)(H,54,62)/t30-,31-,32?,33-,35+,36-,37-,40-,41-/m0/s1. The smallest absolute Gasteiger partial charge is 0.311 e. The molecule has 0 radical (unpaired) electrons. The highest BCUT2D eigenvalue weighted by Gasteiger charge is 2.45. The Balaban J connectivity index is 2.69. The van der Waals surface area contributed by atoms with Crippen LogP contribution in [0.3, 0.4) is 0 Å². The lowest BCUT2D eigenvalue weighted by Gasteiger charge is -2.37. The second kappa shape index (κ2) is 26.2. The SMILES string of the molecule is CC[C@H](C)[C@@H]1OC(=O)[C@@H](C)[C@@H](CC)NC(=O)[C@H](C)N(C)C(=O)C(C)(C)C(=O)C(C)NC(=O)[C@H](Cc2ccccc2)N(C)C(=O)[C@H](C(C)C)N(C)C(=O)CNC(=O)[C@H](CC(C)C)N(C)C(=O)CNC1=O. The number of carbonyl (C=O) groups is 10. The number of hydrogen-bond acceptors (Lipinski definition) is 11. The van der Waals surface area contributed by atoms with Crippen LogP contribution in [-0.2, 0) is 59.1 Å². The Morgan fingerprint density at radius 1 is 0.681 bits per heavy atom. The van der Waals surface area contributed by atoms with E-state index in [0.717, 1.165) is 4.90 Å². The van der Waals surface area contributed by atoms with Crippen LogP contribution < -0.4 is 21.3 Å². The molecule has 1 heterocycles. The van der Waals surface area contributed by atoms with E-state index in [2.05, 4.69) is 21.3 Å². The lowest BCUT2D eigenvalue weighted by molar-refractivity contribution is -0.164. The molecule has 1 aromatic carbocycles. The van der Waals surface area contributed by atoms with Crippen LogP contribution in [0.4, 0.5) is 0 Å². The van der Waals surface area contributed by atoms with Crippen molar-refractivity contribution in [3.63, 3.8) is 0 Å². The van der Waals surface area contributed by atoms with Crippen molar-refractivity contribution < 1.29 is 52.7 Å². The number of nitrogens with one attached hydrogen (secondary N) is 4. The third kappa shape index (κ3) is 15.6. The summed E-state index contributed by atoms with van der Waals surface area (Å²) in [7, 11) is 5.62. The van der Waals surface area contributed by atoms with Crippen LogP contribution in [0.1, 0.15) is 108 Å². The predicted octanol–water partition coefficient (Wildman–Crippen LogP) is 2.09. The Morgan fingerprint density at radius 2 is 1.23 bits per heavy atom. The fourth-order valence-corrected chi connectivity index (χ4v) is 8.25. The summed E-state index contributed by atoms with van der Waals surface area (Å²) in [6, 6.07) is 2.32. The van der Waals surface area contributed by atoms with E-state index < -0.39 is 138 Å². The van der Waals surface area contributed by atoms with E-state index in [4.69, 9.17) is 4.74 Å². The number of ketones is 1. The summed E-state index contributed by atoms with van der Waals surface area (Å²) < 4.78 is 5.77. The first-order valence-corrected chi connectivity index (χ1v) is 24.0. The van der Waals surface area contributed by atoms with Crippen molar-refractivity contribution in [3.05, 3.63) is 35.9 Å². The fraction of sp³-hybridized carbons (Fsp3) is 0.680. The Kier molecular flexibility index (Phi) is 22.5. The van der Waals surface area contributed by atoms with Gasteiger partial charge in [0.2, 0.25) is 41.4 Å². The molecule has 1 unspecified atom stereocenters. The number of rotatable bonds is 8. The Bertz CT molecular complexity index is 2010. The number of amides is 8. The molecule has 19 heteroatoms. The highest BCUT2D eigenvalue weighted by Crippen LogP contribution is 2.25. The van der Waals surface area contributed by atoms with Gasteiger partial charge >= 0.3 is 5.97 Å². The second-order valence-corrected chi connectivity index (χ2v) is 19.8. The fourth-order valence-electron chi connectivity index (χ4n) is 8.25. The number of benzene rings is 1. The molecule has 0 spiro atoms. The molecule has 2 rings (SSSR count). The van der Waals surface area contributed by atoms with Gasteiger partial charge in [0.1, 0.15) is 29.6 Å². The largest absolute Gasteiger partial charge is 0.452 e. The van der Waals surface area contributed by atoms with Crippen molar-refractivity contribution in [2.24, 2.45) is 29.1 Å². The van der Waals surface area contributed by atoms with E-state index in [-0.39, 0.29) is 25.2 Å². The normalized spacial score (nSPS) is 27.2. The molecule has 1 aliphatic heterocycles. The summed E-state index contributed by atoms with van der Waals surface area (Å²) >= 11 is 0. The van der Waals surface area contributed by atoms with Crippen molar-refractivity contribution in [2.45, 2.75) is 151 Å². The first-order valence-electron chi connectivity index (χ1n) is 24.0. The summed E-state index contributed by atoms with van der Waals surface area (Å²) in [5.74, 6) is -8.81. The van der Waals surface area contributed by atoms with E-state index in [1.165, 1.54) is 77.5 Å². The Hall–Kier alpha value is -5.88. The van der Waals surface area contributed by atoms with Gasteiger partial charge in [0.15, 0.2) is 11.9 Å². The van der Waals surface area contributed by atoms with Crippen molar-refractivity contribution >= 4 is 59.0 Å². The molecule has 9 atom stereocenters. The summed E-state index contributed by atoms with van der Waals surface area (Å²) in [6.45, 7) is 18.5. The van der Waals surface area contributed by atoms with Gasteiger partial charge in [0.05, 0.1) is 25.0 Å². The summed E-state index contributed by atoms with van der Waals surface area (Å²) in [4.78, 5) is 144. The zero-order valence-corrected chi connectivity index (χ0v) is 43.8. The van der Waals surface area contributed by atoms with Crippen LogP contribution >= 0.6 is 0 Å². The molecule has 0 aromatic heterocycles. The van der Waals surface area contributed by atoms with Crippen molar-refractivity contribution in [1.82, 2.24) is 40.9 Å². The van der Waals surface area contributed by atoms with Gasteiger partial charge in [0.25, 0.3) is 5.91 Å². The molecular weight excluding hydrogens is 889 g/mol.